The average Bonchev–Trinajstić information content (AvgIpc) is 3.08. The van der Waals surface area contributed by atoms with E-state index in [1.807, 2.05) is 0 Å². The maximum atomic E-state index is 13.2. The highest BCUT2D eigenvalue weighted by molar-refractivity contribution is 5.81. The minimum Gasteiger partial charge on any atom is -0.497 e. The van der Waals surface area contributed by atoms with Crippen LogP contribution in [0.1, 0.15) is 24.8 Å². The molecule has 6 nitrogen and oxygen atoms in total. The maximum Gasteiger partial charge on any atom is 0.406 e. The Morgan fingerprint density at radius 2 is 1.96 bits per heavy atom. The van der Waals surface area contributed by atoms with Gasteiger partial charge < -0.3 is 19.5 Å². The van der Waals surface area contributed by atoms with Crippen molar-refractivity contribution in [2.45, 2.75) is 31.9 Å². The van der Waals surface area contributed by atoms with E-state index >= 15 is 0 Å². The molecule has 0 saturated carbocycles. The number of nitrogens with zero attached hydrogens (tertiary/aromatic N) is 1. The smallest absolute Gasteiger partial charge is 0.406 e. The summed E-state index contributed by atoms with van der Waals surface area (Å²) in [4.78, 5) is 24.4. The quantitative estimate of drug-likeness (QED) is 0.776. The summed E-state index contributed by atoms with van der Waals surface area (Å²) in [7, 11) is 3.04. The standard InChI is InChI=1S/C18H22F3NO5/c1-26-13-7-6-12(14(10-13)27-2)4-3-5-15(23)22-9-8-17(11-22,16(24)25)18(19,20)21/h6-7,10H,3-5,8-9,11H2,1-2H3,(H,24,25). The van der Waals surface area contributed by atoms with Gasteiger partial charge in [0.2, 0.25) is 5.91 Å². The highest BCUT2D eigenvalue weighted by atomic mass is 19.4. The second-order valence-electron chi connectivity index (χ2n) is 6.48. The Kier molecular flexibility index (Phi) is 6.22. The lowest BCUT2D eigenvalue weighted by Gasteiger charge is -2.27. The van der Waals surface area contributed by atoms with Crippen molar-refractivity contribution in [1.29, 1.82) is 0 Å². The molecule has 1 unspecified atom stereocenters. The van der Waals surface area contributed by atoms with Gasteiger partial charge in [0.1, 0.15) is 11.5 Å². The summed E-state index contributed by atoms with van der Waals surface area (Å²) in [6.07, 6.45) is -4.59. The number of alkyl halides is 3. The van der Waals surface area contributed by atoms with E-state index in [9.17, 15) is 22.8 Å². The summed E-state index contributed by atoms with van der Waals surface area (Å²) in [5.41, 5.74) is -2.02. The second kappa shape index (κ2) is 8.06. The third-order valence-electron chi connectivity index (χ3n) is 4.90. The summed E-state index contributed by atoms with van der Waals surface area (Å²) in [6, 6.07) is 5.27. The molecule has 9 heteroatoms. The van der Waals surface area contributed by atoms with E-state index in [1.54, 1.807) is 18.2 Å². The second-order valence-corrected chi connectivity index (χ2v) is 6.48. The van der Waals surface area contributed by atoms with E-state index in [2.05, 4.69) is 0 Å². The Bertz CT molecular complexity index is 707. The molecular weight excluding hydrogens is 367 g/mol. The van der Waals surface area contributed by atoms with E-state index in [-0.39, 0.29) is 13.0 Å². The molecule has 0 radical (unpaired) electrons. The molecule has 27 heavy (non-hydrogen) atoms. The van der Waals surface area contributed by atoms with Crippen molar-refractivity contribution in [3.05, 3.63) is 23.8 Å². The summed E-state index contributed by atoms with van der Waals surface area (Å²) >= 11 is 0. The molecule has 1 N–H and O–H groups in total. The number of halogens is 3. The van der Waals surface area contributed by atoms with Gasteiger partial charge in [0.15, 0.2) is 5.41 Å². The van der Waals surface area contributed by atoms with Gasteiger partial charge in [-0.1, -0.05) is 6.07 Å². The molecule has 1 fully saturated rings. The number of likely N-dealkylation sites (tertiary alicyclic amines) is 1. The predicted octanol–water partition coefficient (Wildman–Crippen LogP) is 2.89. The monoisotopic (exact) mass is 389 g/mol. The Morgan fingerprint density at radius 3 is 2.48 bits per heavy atom. The van der Waals surface area contributed by atoms with Crippen LogP contribution < -0.4 is 9.47 Å². The fourth-order valence-electron chi connectivity index (χ4n) is 3.20. The van der Waals surface area contributed by atoms with Crippen LogP contribution in [0.25, 0.3) is 0 Å². The summed E-state index contributed by atoms with van der Waals surface area (Å²) < 4.78 is 49.9. The van der Waals surface area contributed by atoms with Gasteiger partial charge in [-0.3, -0.25) is 9.59 Å². The zero-order chi connectivity index (χ0) is 20.2. The molecule has 1 amide bonds. The molecule has 1 atom stereocenters. The molecule has 1 heterocycles. The highest BCUT2D eigenvalue weighted by Crippen LogP contribution is 2.45. The highest BCUT2D eigenvalue weighted by Gasteiger charge is 2.64. The Morgan fingerprint density at radius 1 is 1.26 bits per heavy atom. The van der Waals surface area contributed by atoms with E-state index < -0.39 is 36.4 Å². The number of rotatable bonds is 7. The van der Waals surface area contributed by atoms with Crippen molar-refractivity contribution >= 4 is 11.9 Å². The molecule has 0 aliphatic carbocycles. The lowest BCUT2D eigenvalue weighted by molar-refractivity contribution is -0.227. The Balaban J connectivity index is 1.95. The number of ether oxygens (including phenoxy) is 2. The van der Waals surface area contributed by atoms with Gasteiger partial charge in [0, 0.05) is 25.6 Å². The van der Waals surface area contributed by atoms with Crippen LogP contribution in [-0.4, -0.2) is 55.4 Å². The molecule has 0 aromatic heterocycles. The molecule has 1 aromatic rings. The first-order valence-electron chi connectivity index (χ1n) is 8.43. The average molecular weight is 389 g/mol. The van der Waals surface area contributed by atoms with Crippen LogP contribution in [0, 0.1) is 5.41 Å². The number of hydrogen-bond donors (Lipinski definition) is 1. The molecule has 0 spiro atoms. The lowest BCUT2D eigenvalue weighted by Crippen LogP contribution is -2.47. The van der Waals surface area contributed by atoms with Crippen molar-refractivity contribution in [1.82, 2.24) is 4.90 Å². The number of amides is 1. The fourth-order valence-corrected chi connectivity index (χ4v) is 3.20. The number of hydrogen-bond acceptors (Lipinski definition) is 4. The number of aliphatic carboxylic acids is 1. The van der Waals surface area contributed by atoms with Crippen LogP contribution in [0.2, 0.25) is 0 Å². The van der Waals surface area contributed by atoms with Gasteiger partial charge >= 0.3 is 12.1 Å². The zero-order valence-electron chi connectivity index (χ0n) is 15.1. The Labute approximate surface area is 154 Å². The molecule has 1 aliphatic heterocycles. The normalized spacial score (nSPS) is 19.8. The molecular formula is C18H22F3NO5. The molecule has 1 saturated heterocycles. The first kappa shape index (κ1) is 20.9. The SMILES string of the molecule is COc1ccc(CCCC(=O)N2CCC(C(=O)O)(C(F)(F)F)C2)c(OC)c1. The first-order chi connectivity index (χ1) is 12.6. The summed E-state index contributed by atoms with van der Waals surface area (Å²) in [5, 5.41) is 9.04. The number of carboxylic acid groups (broad SMARTS) is 1. The molecule has 2 rings (SSSR count). The first-order valence-corrected chi connectivity index (χ1v) is 8.43. The lowest BCUT2D eigenvalue weighted by atomic mass is 9.86. The number of carbonyl (C=O) groups excluding carboxylic acids is 1. The van der Waals surface area contributed by atoms with Crippen LogP contribution in [0.15, 0.2) is 18.2 Å². The van der Waals surface area contributed by atoms with Crippen LogP contribution in [0.4, 0.5) is 13.2 Å². The molecule has 1 aromatic carbocycles. The molecule has 1 aliphatic rings. The number of carbonyl (C=O) groups is 2. The van der Waals surface area contributed by atoms with Gasteiger partial charge in [-0.15, -0.1) is 0 Å². The van der Waals surface area contributed by atoms with Crippen molar-refractivity contribution < 1.29 is 37.3 Å². The maximum absolute atomic E-state index is 13.2. The van der Waals surface area contributed by atoms with E-state index in [0.717, 1.165) is 10.5 Å². The Hall–Kier alpha value is -2.45. The summed E-state index contributed by atoms with van der Waals surface area (Å²) in [6.45, 7) is -1.05. The van der Waals surface area contributed by atoms with Crippen molar-refractivity contribution in [2.75, 3.05) is 27.3 Å². The van der Waals surface area contributed by atoms with Crippen molar-refractivity contribution in [3.8, 4) is 11.5 Å². The fraction of sp³-hybridized carbons (Fsp3) is 0.556. The van der Waals surface area contributed by atoms with Gasteiger partial charge in [0.25, 0.3) is 0 Å². The molecule has 0 bridgehead atoms. The van der Waals surface area contributed by atoms with E-state index in [0.29, 0.717) is 24.3 Å². The number of aryl methyl sites for hydroxylation is 1. The zero-order valence-corrected chi connectivity index (χ0v) is 15.1. The topological polar surface area (TPSA) is 76.1 Å². The van der Waals surface area contributed by atoms with Crippen LogP contribution >= 0.6 is 0 Å². The third kappa shape index (κ3) is 4.28. The number of carboxylic acids is 1. The van der Waals surface area contributed by atoms with Crippen LogP contribution in [0.5, 0.6) is 11.5 Å². The van der Waals surface area contributed by atoms with Gasteiger partial charge in [-0.2, -0.15) is 13.2 Å². The summed E-state index contributed by atoms with van der Waals surface area (Å²) in [5.74, 6) is -1.19. The number of methoxy groups -OCH3 is 2. The minimum absolute atomic E-state index is 0.0305. The predicted molar refractivity (Wildman–Crippen MR) is 89.8 cm³/mol. The van der Waals surface area contributed by atoms with Crippen molar-refractivity contribution in [2.24, 2.45) is 5.41 Å². The van der Waals surface area contributed by atoms with E-state index in [4.69, 9.17) is 14.6 Å². The van der Waals surface area contributed by atoms with Gasteiger partial charge in [-0.25, -0.2) is 0 Å². The third-order valence-corrected chi connectivity index (χ3v) is 4.90. The van der Waals surface area contributed by atoms with Crippen molar-refractivity contribution in [3.63, 3.8) is 0 Å². The molecule has 150 valence electrons. The number of benzene rings is 1. The minimum atomic E-state index is -4.90. The van der Waals surface area contributed by atoms with Crippen LogP contribution in [-0.2, 0) is 16.0 Å². The largest absolute Gasteiger partial charge is 0.497 e. The van der Waals surface area contributed by atoms with Gasteiger partial charge in [-0.05, 0) is 30.9 Å². The van der Waals surface area contributed by atoms with E-state index in [1.165, 1.54) is 14.2 Å². The van der Waals surface area contributed by atoms with Gasteiger partial charge in [0.05, 0.1) is 14.2 Å². The van der Waals surface area contributed by atoms with Crippen LogP contribution in [0.3, 0.4) is 0 Å².